The van der Waals surface area contributed by atoms with Crippen molar-refractivity contribution in [1.29, 1.82) is 0 Å². The summed E-state index contributed by atoms with van der Waals surface area (Å²) in [6.07, 6.45) is 0. The zero-order valence-electron chi connectivity index (χ0n) is 8.93. The van der Waals surface area contributed by atoms with E-state index in [-0.39, 0.29) is 15.8 Å². The summed E-state index contributed by atoms with van der Waals surface area (Å²) >= 11 is 2.93. The first-order chi connectivity index (χ1) is 7.95. The minimum absolute atomic E-state index is 0.0175. The molecule has 0 radical (unpaired) electrons. The zero-order chi connectivity index (χ0) is 13.0. The zero-order valence-corrected chi connectivity index (χ0v) is 10.5. The average molecular weight is 307 g/mol. The monoisotopic (exact) mass is 306 g/mol. The number of methoxy groups -OCH3 is 1. The van der Waals surface area contributed by atoms with Crippen LogP contribution in [0.4, 0.5) is 8.78 Å². The van der Waals surface area contributed by atoms with Crippen LogP contribution >= 0.6 is 15.9 Å². The molecule has 3 nitrogen and oxygen atoms in total. The van der Waals surface area contributed by atoms with Crippen molar-refractivity contribution in [2.24, 2.45) is 0 Å². The van der Waals surface area contributed by atoms with Gasteiger partial charge in [0.05, 0.1) is 11.6 Å². The molecule has 0 amide bonds. The van der Waals surface area contributed by atoms with Crippen molar-refractivity contribution in [3.63, 3.8) is 0 Å². The van der Waals surface area contributed by atoms with E-state index in [1.165, 1.54) is 6.07 Å². The van der Waals surface area contributed by atoms with Crippen molar-refractivity contribution < 1.29 is 23.0 Å². The molecular formula is C11H9BrF2O3. The summed E-state index contributed by atoms with van der Waals surface area (Å²) in [7, 11) is 1.15. The van der Waals surface area contributed by atoms with Crippen LogP contribution < -0.4 is 4.74 Å². The maximum atomic E-state index is 13.3. The predicted octanol–water partition coefficient (Wildman–Crippen LogP) is 3.24. The lowest BCUT2D eigenvalue weighted by atomic mass is 10.2. The molecule has 6 heteroatoms. The Bertz CT molecular complexity index is 460. The predicted molar refractivity (Wildman–Crippen MR) is 61.2 cm³/mol. The molecule has 0 bridgehead atoms. The van der Waals surface area contributed by atoms with Gasteiger partial charge in [-0.2, -0.15) is 0 Å². The van der Waals surface area contributed by atoms with E-state index in [9.17, 15) is 13.6 Å². The van der Waals surface area contributed by atoms with Crippen LogP contribution in [0.1, 0.15) is 10.4 Å². The summed E-state index contributed by atoms with van der Waals surface area (Å²) in [4.78, 5) is 11.3. The summed E-state index contributed by atoms with van der Waals surface area (Å²) in [5, 5.41) is 0. The van der Waals surface area contributed by atoms with E-state index in [1.54, 1.807) is 0 Å². The summed E-state index contributed by atoms with van der Waals surface area (Å²) in [6, 6.07) is 2.18. The van der Waals surface area contributed by atoms with Gasteiger partial charge in [-0.3, -0.25) is 0 Å². The third-order valence-electron chi connectivity index (χ3n) is 1.81. The summed E-state index contributed by atoms with van der Waals surface area (Å²) in [5.41, 5.74) is -0.116. The molecule has 0 aliphatic carbocycles. The van der Waals surface area contributed by atoms with Gasteiger partial charge in [-0.25, -0.2) is 13.6 Å². The van der Waals surface area contributed by atoms with Gasteiger partial charge in [0, 0.05) is 0 Å². The van der Waals surface area contributed by atoms with Crippen LogP contribution in [0.2, 0.25) is 0 Å². The topological polar surface area (TPSA) is 35.5 Å². The third kappa shape index (κ3) is 3.52. The van der Waals surface area contributed by atoms with Gasteiger partial charge in [0.15, 0.2) is 0 Å². The van der Waals surface area contributed by atoms with Crippen LogP contribution in [0.15, 0.2) is 29.0 Å². The fraction of sp³-hybridized carbons (Fsp3) is 0.182. The SMILES string of the molecule is C=C(F)COc1cc(Br)c(F)cc1C(=O)OC. The molecule has 1 aromatic carbocycles. The highest BCUT2D eigenvalue weighted by Gasteiger charge is 2.17. The van der Waals surface area contributed by atoms with E-state index in [4.69, 9.17) is 4.74 Å². The molecule has 0 aliphatic rings. The number of carbonyl (C=O) groups is 1. The minimum Gasteiger partial charge on any atom is -0.486 e. The fourth-order valence-electron chi connectivity index (χ4n) is 1.07. The Morgan fingerprint density at radius 3 is 2.71 bits per heavy atom. The number of hydrogen-bond donors (Lipinski definition) is 0. The standard InChI is InChI=1S/C11H9BrF2O3/c1-6(13)5-17-10-4-8(12)9(14)3-7(10)11(15)16-2/h3-4H,1,5H2,2H3. The molecule has 17 heavy (non-hydrogen) atoms. The lowest BCUT2D eigenvalue weighted by Crippen LogP contribution is -2.07. The van der Waals surface area contributed by atoms with E-state index < -0.39 is 24.2 Å². The van der Waals surface area contributed by atoms with Gasteiger partial charge < -0.3 is 9.47 Å². The van der Waals surface area contributed by atoms with E-state index >= 15 is 0 Å². The molecule has 0 spiro atoms. The molecule has 1 rings (SSSR count). The lowest BCUT2D eigenvalue weighted by molar-refractivity contribution is 0.0595. The quantitative estimate of drug-likeness (QED) is 0.801. The van der Waals surface area contributed by atoms with Gasteiger partial charge in [-0.05, 0) is 28.1 Å². The molecule has 0 fully saturated rings. The first-order valence-corrected chi connectivity index (χ1v) is 5.28. The van der Waals surface area contributed by atoms with Gasteiger partial charge in [0.1, 0.15) is 29.6 Å². The highest BCUT2D eigenvalue weighted by molar-refractivity contribution is 9.10. The summed E-state index contributed by atoms with van der Waals surface area (Å²) in [6.45, 7) is 2.60. The summed E-state index contributed by atoms with van der Waals surface area (Å²) in [5.74, 6) is -2.10. The molecule has 0 atom stereocenters. The maximum Gasteiger partial charge on any atom is 0.341 e. The molecule has 0 unspecified atom stereocenters. The first-order valence-electron chi connectivity index (χ1n) is 4.49. The molecule has 0 saturated carbocycles. The molecule has 92 valence electrons. The number of carbonyl (C=O) groups excluding carboxylic acids is 1. The van der Waals surface area contributed by atoms with Crippen molar-refractivity contribution in [1.82, 2.24) is 0 Å². The van der Waals surface area contributed by atoms with Crippen LogP contribution in [0.25, 0.3) is 0 Å². The van der Waals surface area contributed by atoms with E-state index in [0.29, 0.717) is 0 Å². The third-order valence-corrected chi connectivity index (χ3v) is 2.42. The number of rotatable bonds is 4. The Balaban J connectivity index is 3.11. The van der Waals surface area contributed by atoms with E-state index in [0.717, 1.165) is 13.2 Å². The molecule has 0 saturated heterocycles. The fourth-order valence-corrected chi connectivity index (χ4v) is 1.40. The maximum absolute atomic E-state index is 13.3. The van der Waals surface area contributed by atoms with Gasteiger partial charge >= 0.3 is 5.97 Å². The Hall–Kier alpha value is -1.43. The smallest absolute Gasteiger partial charge is 0.341 e. The number of hydrogen-bond acceptors (Lipinski definition) is 3. The molecular weight excluding hydrogens is 298 g/mol. The second-order valence-corrected chi connectivity index (χ2v) is 3.91. The Kier molecular flexibility index (Phi) is 4.62. The Labute approximate surface area is 105 Å². The largest absolute Gasteiger partial charge is 0.486 e. The Morgan fingerprint density at radius 1 is 1.53 bits per heavy atom. The van der Waals surface area contributed by atoms with Crippen molar-refractivity contribution in [2.75, 3.05) is 13.7 Å². The van der Waals surface area contributed by atoms with Crippen LogP contribution in [0.3, 0.4) is 0 Å². The molecule has 0 heterocycles. The van der Waals surface area contributed by atoms with Crippen LogP contribution in [0, 0.1) is 5.82 Å². The normalized spacial score (nSPS) is 9.88. The molecule has 1 aromatic rings. The second kappa shape index (κ2) is 5.77. The lowest BCUT2D eigenvalue weighted by Gasteiger charge is -2.10. The Morgan fingerprint density at radius 2 is 2.18 bits per heavy atom. The van der Waals surface area contributed by atoms with Crippen LogP contribution in [-0.2, 0) is 4.74 Å². The molecule has 0 aromatic heterocycles. The van der Waals surface area contributed by atoms with Gasteiger partial charge in [0.2, 0.25) is 0 Å². The van der Waals surface area contributed by atoms with Gasteiger partial charge in [0.25, 0.3) is 0 Å². The second-order valence-electron chi connectivity index (χ2n) is 3.06. The van der Waals surface area contributed by atoms with Crippen molar-refractivity contribution >= 4 is 21.9 Å². The average Bonchev–Trinajstić information content (AvgIpc) is 2.29. The first kappa shape index (κ1) is 13.6. The van der Waals surface area contributed by atoms with Crippen molar-refractivity contribution in [3.05, 3.63) is 40.4 Å². The number of ether oxygens (including phenoxy) is 2. The highest BCUT2D eigenvalue weighted by atomic mass is 79.9. The number of esters is 1. The van der Waals surface area contributed by atoms with E-state index in [2.05, 4.69) is 27.2 Å². The molecule has 0 N–H and O–H groups in total. The van der Waals surface area contributed by atoms with Crippen molar-refractivity contribution in [2.45, 2.75) is 0 Å². The summed E-state index contributed by atoms with van der Waals surface area (Å²) < 4.78 is 35.3. The molecule has 0 aliphatic heterocycles. The van der Waals surface area contributed by atoms with E-state index in [1.807, 2.05) is 0 Å². The van der Waals surface area contributed by atoms with Crippen LogP contribution in [0.5, 0.6) is 5.75 Å². The number of halogens is 3. The van der Waals surface area contributed by atoms with Gasteiger partial charge in [-0.1, -0.05) is 6.58 Å². The van der Waals surface area contributed by atoms with Gasteiger partial charge in [-0.15, -0.1) is 0 Å². The van der Waals surface area contributed by atoms with Crippen LogP contribution in [-0.4, -0.2) is 19.7 Å². The highest BCUT2D eigenvalue weighted by Crippen LogP contribution is 2.27. The van der Waals surface area contributed by atoms with Crippen molar-refractivity contribution in [3.8, 4) is 5.75 Å². The number of benzene rings is 1. The minimum atomic E-state index is -0.768.